The summed E-state index contributed by atoms with van der Waals surface area (Å²) in [6, 6.07) is 0. The maximum atomic E-state index is 13.0. The average molecular weight is 392 g/mol. The van der Waals surface area contributed by atoms with Gasteiger partial charge in [-0.2, -0.15) is 0 Å². The molecule has 1 fully saturated rings. The highest BCUT2D eigenvalue weighted by molar-refractivity contribution is 6.04. The molecule has 0 radical (unpaired) electrons. The van der Waals surface area contributed by atoms with Crippen molar-refractivity contribution in [1.29, 1.82) is 0 Å². The van der Waals surface area contributed by atoms with E-state index in [1.54, 1.807) is 25.7 Å². The van der Waals surface area contributed by atoms with Crippen LogP contribution >= 0.6 is 0 Å². The van der Waals surface area contributed by atoms with E-state index in [0.29, 0.717) is 35.0 Å². The summed E-state index contributed by atoms with van der Waals surface area (Å²) in [6.45, 7) is 6.00. The standard InChI is InChI=1S/C21H32N2O5/c1-5-28-21(26)20-14(2)19(15(3)22-20)17(24)12-23(18(25)13-27-4)11-16-9-7-6-8-10-16/h16,22H,5-13H2,1-4H3. The zero-order chi connectivity index (χ0) is 20.7. The van der Waals surface area contributed by atoms with E-state index in [4.69, 9.17) is 9.47 Å². The maximum absolute atomic E-state index is 13.0. The number of methoxy groups -OCH3 is 1. The minimum atomic E-state index is -0.475. The summed E-state index contributed by atoms with van der Waals surface area (Å²) in [5.41, 5.74) is 1.94. The topological polar surface area (TPSA) is 88.7 Å². The van der Waals surface area contributed by atoms with Gasteiger partial charge < -0.3 is 19.4 Å². The third kappa shape index (κ3) is 5.44. The Kier molecular flexibility index (Phi) is 8.23. The van der Waals surface area contributed by atoms with Crippen LogP contribution in [0, 0.1) is 19.8 Å². The van der Waals surface area contributed by atoms with E-state index < -0.39 is 5.97 Å². The molecule has 7 heteroatoms. The molecule has 0 atom stereocenters. The van der Waals surface area contributed by atoms with E-state index in [9.17, 15) is 14.4 Å². The third-order valence-electron chi connectivity index (χ3n) is 5.35. The number of H-pyrrole nitrogens is 1. The molecule has 0 unspecified atom stereocenters. The highest BCUT2D eigenvalue weighted by Gasteiger charge is 2.27. The molecule has 1 aromatic heterocycles. The molecule has 7 nitrogen and oxygen atoms in total. The van der Waals surface area contributed by atoms with Crippen molar-refractivity contribution >= 4 is 17.7 Å². The molecule has 0 spiro atoms. The van der Waals surface area contributed by atoms with Gasteiger partial charge in [-0.05, 0) is 45.1 Å². The fraction of sp³-hybridized carbons (Fsp3) is 0.667. The molecule has 1 N–H and O–H groups in total. The van der Waals surface area contributed by atoms with Gasteiger partial charge in [-0.3, -0.25) is 9.59 Å². The van der Waals surface area contributed by atoms with Crippen LogP contribution in [0.2, 0.25) is 0 Å². The minimum Gasteiger partial charge on any atom is -0.461 e. The van der Waals surface area contributed by atoms with Gasteiger partial charge >= 0.3 is 5.97 Å². The summed E-state index contributed by atoms with van der Waals surface area (Å²) in [5.74, 6) is -0.414. The number of esters is 1. The third-order valence-corrected chi connectivity index (χ3v) is 5.35. The predicted octanol–water partition coefficient (Wildman–Crippen LogP) is 3.05. The molecule has 1 saturated carbocycles. The smallest absolute Gasteiger partial charge is 0.355 e. The van der Waals surface area contributed by atoms with Gasteiger partial charge in [-0.25, -0.2) is 4.79 Å². The quantitative estimate of drug-likeness (QED) is 0.515. The zero-order valence-electron chi connectivity index (χ0n) is 17.4. The first kappa shape index (κ1) is 22.1. The molecule has 1 aliphatic rings. The number of nitrogens with zero attached hydrogens (tertiary/aromatic N) is 1. The minimum absolute atomic E-state index is 0.0134. The first-order valence-electron chi connectivity index (χ1n) is 10.0. The van der Waals surface area contributed by atoms with Gasteiger partial charge in [-0.1, -0.05) is 19.3 Å². The molecule has 156 valence electrons. The fourth-order valence-corrected chi connectivity index (χ4v) is 3.98. The monoisotopic (exact) mass is 392 g/mol. The van der Waals surface area contributed by atoms with Crippen molar-refractivity contribution in [2.45, 2.75) is 52.9 Å². The van der Waals surface area contributed by atoms with Crippen LogP contribution in [0.3, 0.4) is 0 Å². The van der Waals surface area contributed by atoms with Gasteiger partial charge in [0.05, 0.1) is 13.2 Å². The summed E-state index contributed by atoms with van der Waals surface area (Å²) in [5, 5.41) is 0. The van der Waals surface area contributed by atoms with Gasteiger partial charge in [0.1, 0.15) is 12.3 Å². The maximum Gasteiger partial charge on any atom is 0.355 e. The number of ketones is 1. The number of ether oxygens (including phenoxy) is 2. The van der Waals surface area contributed by atoms with E-state index in [-0.39, 0.29) is 31.4 Å². The zero-order valence-corrected chi connectivity index (χ0v) is 17.4. The molecule has 1 aromatic rings. The van der Waals surface area contributed by atoms with Gasteiger partial charge in [0, 0.05) is 24.9 Å². The number of aromatic amines is 1. The number of hydrogen-bond acceptors (Lipinski definition) is 5. The van der Waals surface area contributed by atoms with Gasteiger partial charge in [0.25, 0.3) is 0 Å². The Morgan fingerprint density at radius 2 is 1.82 bits per heavy atom. The Hall–Kier alpha value is -2.15. The Bertz CT molecular complexity index is 704. The van der Waals surface area contributed by atoms with Crippen LogP contribution in [0.5, 0.6) is 0 Å². The highest BCUT2D eigenvalue weighted by atomic mass is 16.5. The number of aromatic nitrogens is 1. The van der Waals surface area contributed by atoms with Crippen molar-refractivity contribution in [2.75, 3.05) is 33.4 Å². The number of amides is 1. The molecule has 1 heterocycles. The number of Topliss-reactive ketones (excluding diaryl/α,β-unsaturated/α-hetero) is 1. The Morgan fingerprint density at radius 1 is 1.14 bits per heavy atom. The molecule has 0 bridgehead atoms. The molecule has 0 saturated heterocycles. The van der Waals surface area contributed by atoms with Crippen molar-refractivity contribution in [3.8, 4) is 0 Å². The molecule has 1 aliphatic carbocycles. The summed E-state index contributed by atoms with van der Waals surface area (Å²) < 4.78 is 10.0. The predicted molar refractivity (Wildman–Crippen MR) is 106 cm³/mol. The number of hydrogen-bond donors (Lipinski definition) is 1. The van der Waals surface area contributed by atoms with Crippen molar-refractivity contribution < 1.29 is 23.9 Å². The number of carbonyl (C=O) groups is 3. The van der Waals surface area contributed by atoms with Crippen LogP contribution in [0.1, 0.15) is 71.1 Å². The second-order valence-corrected chi connectivity index (χ2v) is 7.48. The lowest BCUT2D eigenvalue weighted by Crippen LogP contribution is -2.41. The molecular weight excluding hydrogens is 360 g/mol. The van der Waals surface area contributed by atoms with E-state index >= 15 is 0 Å². The van der Waals surface area contributed by atoms with Crippen molar-refractivity contribution in [3.63, 3.8) is 0 Å². The number of carbonyl (C=O) groups excluding carboxylic acids is 3. The number of nitrogens with one attached hydrogen (secondary N) is 1. The molecule has 1 amide bonds. The van der Waals surface area contributed by atoms with Crippen molar-refractivity contribution in [2.24, 2.45) is 5.92 Å². The van der Waals surface area contributed by atoms with Crippen LogP contribution in [0.4, 0.5) is 0 Å². The van der Waals surface area contributed by atoms with Crippen LogP contribution in [0.15, 0.2) is 0 Å². The van der Waals surface area contributed by atoms with E-state index in [1.807, 2.05) is 0 Å². The normalized spacial score (nSPS) is 14.7. The van der Waals surface area contributed by atoms with E-state index in [2.05, 4.69) is 4.98 Å². The van der Waals surface area contributed by atoms with Crippen LogP contribution in [0.25, 0.3) is 0 Å². The van der Waals surface area contributed by atoms with Crippen LogP contribution < -0.4 is 0 Å². The Labute approximate surface area is 166 Å². The fourth-order valence-electron chi connectivity index (χ4n) is 3.98. The van der Waals surface area contributed by atoms with Crippen LogP contribution in [-0.2, 0) is 14.3 Å². The number of aryl methyl sites for hydroxylation is 1. The van der Waals surface area contributed by atoms with E-state index in [1.165, 1.54) is 26.4 Å². The van der Waals surface area contributed by atoms with Gasteiger partial charge in [-0.15, -0.1) is 0 Å². The van der Waals surface area contributed by atoms with Crippen molar-refractivity contribution in [3.05, 3.63) is 22.5 Å². The molecule has 0 aromatic carbocycles. The van der Waals surface area contributed by atoms with Gasteiger partial charge in [0.15, 0.2) is 5.78 Å². The van der Waals surface area contributed by atoms with Crippen molar-refractivity contribution in [1.82, 2.24) is 9.88 Å². The molecule has 0 aliphatic heterocycles. The Morgan fingerprint density at radius 3 is 2.43 bits per heavy atom. The SMILES string of the molecule is CCOC(=O)c1[nH]c(C)c(C(=O)CN(CC2CCCCC2)C(=O)COC)c1C. The van der Waals surface area contributed by atoms with Gasteiger partial charge in [0.2, 0.25) is 5.91 Å². The summed E-state index contributed by atoms with van der Waals surface area (Å²) in [7, 11) is 1.48. The highest BCUT2D eigenvalue weighted by Crippen LogP contribution is 2.25. The van der Waals surface area contributed by atoms with Crippen LogP contribution in [-0.4, -0.2) is 61.0 Å². The van der Waals surface area contributed by atoms with E-state index in [0.717, 1.165) is 12.8 Å². The lowest BCUT2D eigenvalue weighted by Gasteiger charge is -2.29. The summed E-state index contributed by atoms with van der Waals surface area (Å²) in [6.07, 6.45) is 5.74. The Balaban J connectivity index is 2.17. The lowest BCUT2D eigenvalue weighted by molar-refractivity contribution is -0.135. The first-order chi connectivity index (χ1) is 13.4. The average Bonchev–Trinajstić information content (AvgIpc) is 2.97. The molecule has 28 heavy (non-hydrogen) atoms. The lowest BCUT2D eigenvalue weighted by atomic mass is 9.89. The summed E-state index contributed by atoms with van der Waals surface area (Å²) >= 11 is 0. The largest absolute Gasteiger partial charge is 0.461 e. The molecule has 2 rings (SSSR count). The second kappa shape index (κ2) is 10.4. The summed E-state index contributed by atoms with van der Waals surface area (Å²) in [4.78, 5) is 42.2. The second-order valence-electron chi connectivity index (χ2n) is 7.48. The first-order valence-corrected chi connectivity index (χ1v) is 10.0. The molecular formula is C21H32N2O5. The number of rotatable bonds is 9.